The molecular weight excluding hydrogens is 214 g/mol. The van der Waals surface area contributed by atoms with Crippen molar-refractivity contribution in [2.24, 2.45) is 0 Å². The monoisotopic (exact) mass is 235 g/mol. The molecule has 0 N–H and O–H groups in total. The van der Waals surface area contributed by atoms with Crippen LogP contribution in [0.1, 0.15) is 39.0 Å². The molecule has 1 rings (SSSR count). The van der Waals surface area contributed by atoms with E-state index in [1.54, 1.807) is 0 Å². The zero-order chi connectivity index (χ0) is 11.3. The average Bonchev–Trinajstić information content (AvgIpc) is 2.51. The summed E-state index contributed by atoms with van der Waals surface area (Å²) in [6, 6.07) is 0. The Hall–Kier alpha value is -0.130. The van der Waals surface area contributed by atoms with Gasteiger partial charge < -0.3 is 0 Å². The summed E-state index contributed by atoms with van der Waals surface area (Å²) >= 11 is 0. The van der Waals surface area contributed by atoms with Crippen LogP contribution >= 0.6 is 0 Å². The van der Waals surface area contributed by atoms with Gasteiger partial charge in [0.25, 0.3) is 10.1 Å². The fourth-order valence-electron chi connectivity index (χ4n) is 1.75. The van der Waals surface area contributed by atoms with Gasteiger partial charge >= 0.3 is 0 Å². The Balaban J connectivity index is 2.35. The Bertz CT molecular complexity index is 276. The van der Waals surface area contributed by atoms with Gasteiger partial charge in [-0.05, 0) is 26.3 Å². The zero-order valence-electron chi connectivity index (χ0n) is 9.61. The van der Waals surface area contributed by atoms with Crippen molar-refractivity contribution < 1.29 is 12.6 Å². The third kappa shape index (κ3) is 4.49. The number of unbranched alkanes of at least 4 members (excludes halogenated alkanes) is 2. The van der Waals surface area contributed by atoms with E-state index < -0.39 is 10.1 Å². The summed E-state index contributed by atoms with van der Waals surface area (Å²) in [5.74, 6) is 0.158. The van der Waals surface area contributed by atoms with Crippen molar-refractivity contribution in [3.63, 3.8) is 0 Å². The fourth-order valence-corrected chi connectivity index (χ4v) is 2.98. The molecule has 0 bridgehead atoms. The van der Waals surface area contributed by atoms with Crippen molar-refractivity contribution in [2.45, 2.75) is 45.3 Å². The Morgan fingerprint density at radius 2 is 2.13 bits per heavy atom. The molecule has 1 unspecified atom stereocenters. The fraction of sp³-hybridized carbons (Fsp3) is 1.00. The minimum absolute atomic E-state index is 0.158. The Morgan fingerprint density at radius 1 is 1.40 bits per heavy atom. The predicted octanol–water partition coefficient (Wildman–Crippen LogP) is 1.57. The third-order valence-electron chi connectivity index (χ3n) is 2.71. The van der Waals surface area contributed by atoms with Crippen LogP contribution in [0.15, 0.2) is 0 Å². The summed E-state index contributed by atoms with van der Waals surface area (Å²) < 4.78 is 28.3. The normalized spacial score (nSPS) is 23.5. The second kappa shape index (κ2) is 5.82. The maximum atomic E-state index is 11.6. The second-order valence-corrected chi connectivity index (χ2v) is 5.86. The lowest BCUT2D eigenvalue weighted by Crippen LogP contribution is -2.30. The molecule has 0 radical (unpaired) electrons. The standard InChI is InChI=1S/C10H21NO3S/c1-3-4-5-9-15(12,13)14-10-7-6-8-11(10)2/h10H,3-9H2,1-2H3. The lowest BCUT2D eigenvalue weighted by Gasteiger charge is -2.19. The van der Waals surface area contributed by atoms with E-state index in [-0.39, 0.29) is 12.0 Å². The number of hydrogen-bond donors (Lipinski definition) is 0. The summed E-state index contributed by atoms with van der Waals surface area (Å²) in [5.41, 5.74) is 0. The van der Waals surface area contributed by atoms with Gasteiger partial charge in [0, 0.05) is 6.54 Å². The van der Waals surface area contributed by atoms with E-state index in [0.29, 0.717) is 6.42 Å². The second-order valence-electron chi connectivity index (χ2n) is 4.14. The molecule has 15 heavy (non-hydrogen) atoms. The molecule has 0 aromatic carbocycles. The van der Waals surface area contributed by atoms with Gasteiger partial charge in [-0.2, -0.15) is 8.42 Å². The van der Waals surface area contributed by atoms with Gasteiger partial charge in [-0.15, -0.1) is 0 Å². The van der Waals surface area contributed by atoms with Crippen molar-refractivity contribution in [2.75, 3.05) is 19.3 Å². The number of nitrogens with zero attached hydrogens (tertiary/aromatic N) is 1. The molecule has 1 atom stereocenters. The quantitative estimate of drug-likeness (QED) is 0.518. The summed E-state index contributed by atoms with van der Waals surface area (Å²) in [7, 11) is -1.41. The summed E-state index contributed by atoms with van der Waals surface area (Å²) in [6.45, 7) is 2.98. The van der Waals surface area contributed by atoms with Crippen LogP contribution in [-0.4, -0.2) is 38.9 Å². The minimum atomic E-state index is -3.31. The first-order chi connectivity index (χ1) is 7.05. The molecule has 1 aliphatic heterocycles. The molecule has 1 heterocycles. The molecule has 1 fully saturated rings. The number of rotatable bonds is 6. The number of likely N-dealkylation sites (tertiary alicyclic amines) is 1. The van der Waals surface area contributed by atoms with E-state index in [4.69, 9.17) is 4.18 Å². The Labute approximate surface area is 92.7 Å². The Morgan fingerprint density at radius 3 is 2.67 bits per heavy atom. The van der Waals surface area contributed by atoms with E-state index in [2.05, 4.69) is 6.92 Å². The van der Waals surface area contributed by atoms with Crippen LogP contribution in [0.3, 0.4) is 0 Å². The summed E-state index contributed by atoms with van der Waals surface area (Å²) in [6.07, 6.45) is 4.29. The van der Waals surface area contributed by atoms with E-state index in [1.807, 2.05) is 11.9 Å². The molecule has 4 nitrogen and oxygen atoms in total. The largest absolute Gasteiger partial charge is 0.280 e. The third-order valence-corrected chi connectivity index (χ3v) is 4.01. The minimum Gasteiger partial charge on any atom is -0.280 e. The highest BCUT2D eigenvalue weighted by Crippen LogP contribution is 2.18. The van der Waals surface area contributed by atoms with Gasteiger partial charge in [-0.1, -0.05) is 19.8 Å². The first-order valence-corrected chi connectivity index (χ1v) is 7.24. The van der Waals surface area contributed by atoms with Crippen LogP contribution in [0.2, 0.25) is 0 Å². The van der Waals surface area contributed by atoms with Crippen molar-refractivity contribution >= 4 is 10.1 Å². The predicted molar refractivity (Wildman–Crippen MR) is 60.0 cm³/mol. The average molecular weight is 235 g/mol. The van der Waals surface area contributed by atoms with Crippen LogP contribution < -0.4 is 0 Å². The molecule has 1 aliphatic rings. The van der Waals surface area contributed by atoms with E-state index >= 15 is 0 Å². The molecule has 0 aromatic rings. The maximum Gasteiger partial charge on any atom is 0.268 e. The van der Waals surface area contributed by atoms with Gasteiger partial charge in [-0.25, -0.2) is 0 Å². The molecule has 0 aromatic heterocycles. The highest BCUT2D eigenvalue weighted by molar-refractivity contribution is 7.86. The summed E-state index contributed by atoms with van der Waals surface area (Å²) in [5, 5.41) is 0. The van der Waals surface area contributed by atoms with Crippen molar-refractivity contribution in [3.8, 4) is 0 Å². The molecule has 0 aliphatic carbocycles. The molecule has 0 amide bonds. The SMILES string of the molecule is CCCCCS(=O)(=O)OC1CCCN1C. The zero-order valence-corrected chi connectivity index (χ0v) is 10.4. The molecule has 1 saturated heterocycles. The highest BCUT2D eigenvalue weighted by Gasteiger charge is 2.26. The van der Waals surface area contributed by atoms with Crippen LogP contribution in [0.5, 0.6) is 0 Å². The molecular formula is C10H21NO3S. The van der Waals surface area contributed by atoms with Gasteiger partial charge in [-0.3, -0.25) is 9.08 Å². The molecule has 5 heteroatoms. The first-order valence-electron chi connectivity index (χ1n) is 5.66. The number of hydrogen-bond acceptors (Lipinski definition) is 4. The van der Waals surface area contributed by atoms with Gasteiger partial charge in [0.05, 0.1) is 5.75 Å². The lowest BCUT2D eigenvalue weighted by molar-refractivity contribution is 0.0878. The van der Waals surface area contributed by atoms with E-state index in [9.17, 15) is 8.42 Å². The van der Waals surface area contributed by atoms with Crippen molar-refractivity contribution in [3.05, 3.63) is 0 Å². The molecule has 0 saturated carbocycles. The van der Waals surface area contributed by atoms with Crippen LogP contribution in [0.25, 0.3) is 0 Å². The smallest absolute Gasteiger partial charge is 0.268 e. The molecule has 0 spiro atoms. The van der Waals surface area contributed by atoms with E-state index in [0.717, 1.165) is 32.2 Å². The Kier molecular flexibility index (Phi) is 5.02. The van der Waals surface area contributed by atoms with Crippen molar-refractivity contribution in [1.29, 1.82) is 0 Å². The van der Waals surface area contributed by atoms with Gasteiger partial charge in [0.2, 0.25) is 0 Å². The van der Waals surface area contributed by atoms with Crippen LogP contribution in [-0.2, 0) is 14.3 Å². The van der Waals surface area contributed by atoms with Gasteiger partial charge in [0.15, 0.2) is 0 Å². The maximum absolute atomic E-state index is 11.6. The van der Waals surface area contributed by atoms with Crippen LogP contribution in [0.4, 0.5) is 0 Å². The highest BCUT2D eigenvalue weighted by atomic mass is 32.2. The van der Waals surface area contributed by atoms with Gasteiger partial charge in [0.1, 0.15) is 6.23 Å². The lowest BCUT2D eigenvalue weighted by atomic mass is 10.3. The first kappa shape index (κ1) is 12.9. The topological polar surface area (TPSA) is 46.6 Å². The van der Waals surface area contributed by atoms with E-state index in [1.165, 1.54) is 0 Å². The van der Waals surface area contributed by atoms with Crippen LogP contribution in [0, 0.1) is 0 Å². The molecule has 90 valence electrons. The summed E-state index contributed by atoms with van der Waals surface area (Å²) in [4.78, 5) is 1.96. The van der Waals surface area contributed by atoms with Crippen molar-refractivity contribution in [1.82, 2.24) is 4.90 Å².